The molecule has 3 nitrogen and oxygen atoms in total. The Bertz CT molecular complexity index is 465. The summed E-state index contributed by atoms with van der Waals surface area (Å²) in [5.41, 5.74) is -0.474. The Labute approximate surface area is 97.4 Å². The molecule has 0 heterocycles. The first-order chi connectivity index (χ1) is 6.92. The van der Waals surface area contributed by atoms with Crippen LogP contribution in [0, 0.1) is 5.82 Å². The van der Waals surface area contributed by atoms with Gasteiger partial charge in [-0.3, -0.25) is 0 Å². The van der Waals surface area contributed by atoms with Crippen LogP contribution >= 0.6 is 12.4 Å². The van der Waals surface area contributed by atoms with Gasteiger partial charge in [0.2, 0.25) is 0 Å². The number of alkyl halides is 2. The quantitative estimate of drug-likeness (QED) is 0.849. The van der Waals surface area contributed by atoms with Crippen LogP contribution in [-0.4, -0.2) is 15.0 Å². The lowest BCUT2D eigenvalue weighted by Crippen LogP contribution is -2.17. The van der Waals surface area contributed by atoms with Crippen LogP contribution in [0.25, 0.3) is 0 Å². The summed E-state index contributed by atoms with van der Waals surface area (Å²) in [6.45, 7) is -1.17. The summed E-state index contributed by atoms with van der Waals surface area (Å²) in [6, 6.07) is 3.52. The molecule has 8 heteroatoms. The minimum absolute atomic E-state index is 0. The fourth-order valence-electron chi connectivity index (χ4n) is 0.919. The van der Waals surface area contributed by atoms with E-state index in [1.807, 2.05) is 0 Å². The highest BCUT2D eigenvalue weighted by molar-refractivity contribution is 7.61. The van der Waals surface area contributed by atoms with Gasteiger partial charge in [-0.2, -0.15) is 21.6 Å². The predicted molar refractivity (Wildman–Crippen MR) is 53.8 cm³/mol. The van der Waals surface area contributed by atoms with E-state index < -0.39 is 34.3 Å². The summed E-state index contributed by atoms with van der Waals surface area (Å²) in [5, 5.41) is 0. The fraction of sp³-hybridized carbons (Fsp3) is 0.250. The SMILES string of the molecule is Cl.O=S(=O)=NCC(F)(F)c1ccc(F)cc1. The Balaban J connectivity index is 0.00000225. The average Bonchev–Trinajstić information content (AvgIpc) is 2.16. The molecule has 0 atom stereocenters. The second-order valence-corrected chi connectivity index (χ2v) is 3.41. The summed E-state index contributed by atoms with van der Waals surface area (Å²) in [5.74, 6) is -4.05. The van der Waals surface area contributed by atoms with Crippen molar-refractivity contribution >= 4 is 22.9 Å². The molecule has 1 rings (SSSR count). The zero-order valence-electron chi connectivity index (χ0n) is 7.73. The summed E-state index contributed by atoms with van der Waals surface area (Å²) in [4.78, 5) is 0. The van der Waals surface area contributed by atoms with E-state index in [0.717, 1.165) is 24.3 Å². The third kappa shape index (κ3) is 4.19. The standard InChI is InChI=1S/C8H6F3NO2S.ClH/c9-7-3-1-6(2-4-7)8(10,11)5-12-15(13)14;/h1-4H,5H2;1H. The van der Waals surface area contributed by atoms with Crippen molar-refractivity contribution in [2.45, 2.75) is 5.92 Å². The molecule has 0 fully saturated rings. The summed E-state index contributed by atoms with van der Waals surface area (Å²) >= 11 is 0. The second kappa shape index (κ2) is 5.86. The van der Waals surface area contributed by atoms with Crippen LogP contribution < -0.4 is 0 Å². The minimum Gasteiger partial charge on any atom is -0.207 e. The molecule has 16 heavy (non-hydrogen) atoms. The van der Waals surface area contributed by atoms with Crippen molar-refractivity contribution in [3.05, 3.63) is 35.6 Å². The van der Waals surface area contributed by atoms with Crippen molar-refractivity contribution in [2.24, 2.45) is 4.36 Å². The third-order valence-corrected chi connectivity index (χ3v) is 1.98. The van der Waals surface area contributed by atoms with Gasteiger partial charge in [-0.1, -0.05) is 12.1 Å². The molecule has 0 saturated heterocycles. The van der Waals surface area contributed by atoms with Crippen molar-refractivity contribution in [2.75, 3.05) is 6.54 Å². The number of nitrogens with zero attached hydrogens (tertiary/aromatic N) is 1. The van der Waals surface area contributed by atoms with Gasteiger partial charge in [0.25, 0.3) is 5.92 Å². The summed E-state index contributed by atoms with van der Waals surface area (Å²) < 4.78 is 61.3. The number of rotatable bonds is 3. The molecule has 1 aromatic rings. The maximum Gasteiger partial charge on any atom is 0.311 e. The average molecular weight is 274 g/mol. The minimum atomic E-state index is -3.41. The van der Waals surface area contributed by atoms with Crippen LogP contribution in [0.4, 0.5) is 13.2 Å². The van der Waals surface area contributed by atoms with E-state index >= 15 is 0 Å². The molecule has 0 unspecified atom stereocenters. The number of halogens is 4. The first-order valence-electron chi connectivity index (χ1n) is 3.82. The molecule has 90 valence electrons. The van der Waals surface area contributed by atoms with Gasteiger partial charge >= 0.3 is 10.5 Å². The molecule has 0 aromatic heterocycles. The molecule has 0 amide bonds. The van der Waals surface area contributed by atoms with Gasteiger partial charge in [-0.15, -0.1) is 12.4 Å². The van der Waals surface area contributed by atoms with Crippen LogP contribution in [-0.2, 0) is 16.4 Å². The second-order valence-electron chi connectivity index (χ2n) is 2.72. The first-order valence-corrected chi connectivity index (χ1v) is 4.86. The van der Waals surface area contributed by atoms with E-state index in [9.17, 15) is 21.6 Å². The molecular weight excluding hydrogens is 267 g/mol. The molecule has 0 aliphatic rings. The fourth-order valence-corrected chi connectivity index (χ4v) is 1.19. The zero-order valence-corrected chi connectivity index (χ0v) is 9.36. The number of hydrogen-bond donors (Lipinski definition) is 0. The molecule has 0 bridgehead atoms. The van der Waals surface area contributed by atoms with Gasteiger partial charge in [0.05, 0.1) is 0 Å². The number of hydrogen-bond acceptors (Lipinski definition) is 3. The van der Waals surface area contributed by atoms with E-state index in [0.29, 0.717) is 0 Å². The summed E-state index contributed by atoms with van der Waals surface area (Å²) in [6.07, 6.45) is 0. The monoisotopic (exact) mass is 273 g/mol. The topological polar surface area (TPSA) is 46.5 Å². The Morgan fingerprint density at radius 2 is 1.69 bits per heavy atom. The molecule has 0 aliphatic heterocycles. The normalized spacial score (nSPS) is 10.4. The van der Waals surface area contributed by atoms with Crippen LogP contribution in [0.2, 0.25) is 0 Å². The highest BCUT2D eigenvalue weighted by Crippen LogP contribution is 2.28. The van der Waals surface area contributed by atoms with E-state index in [4.69, 9.17) is 0 Å². The maximum absolute atomic E-state index is 13.2. The lowest BCUT2D eigenvalue weighted by molar-refractivity contribution is 0.00688. The highest BCUT2D eigenvalue weighted by Gasteiger charge is 2.31. The van der Waals surface area contributed by atoms with Gasteiger partial charge in [0.1, 0.15) is 12.4 Å². The Hall–Kier alpha value is -1.08. The van der Waals surface area contributed by atoms with Crippen molar-refractivity contribution in [1.82, 2.24) is 0 Å². The van der Waals surface area contributed by atoms with Crippen molar-refractivity contribution in [3.8, 4) is 0 Å². The van der Waals surface area contributed by atoms with E-state index in [-0.39, 0.29) is 12.4 Å². The maximum atomic E-state index is 13.2. The van der Waals surface area contributed by atoms with Gasteiger partial charge in [0, 0.05) is 5.56 Å². The lowest BCUT2D eigenvalue weighted by atomic mass is 10.1. The van der Waals surface area contributed by atoms with Gasteiger partial charge in [0.15, 0.2) is 0 Å². The Kier molecular flexibility index (Phi) is 5.46. The molecule has 0 aliphatic carbocycles. The predicted octanol–water partition coefficient (Wildman–Crippen LogP) is 2.40. The lowest BCUT2D eigenvalue weighted by Gasteiger charge is -2.12. The molecule has 0 spiro atoms. The molecule has 0 saturated carbocycles. The van der Waals surface area contributed by atoms with Crippen molar-refractivity contribution in [1.29, 1.82) is 0 Å². The van der Waals surface area contributed by atoms with E-state index in [2.05, 4.69) is 4.36 Å². The van der Waals surface area contributed by atoms with Crippen LogP contribution in [0.5, 0.6) is 0 Å². The van der Waals surface area contributed by atoms with Crippen molar-refractivity contribution in [3.63, 3.8) is 0 Å². The molecule has 0 radical (unpaired) electrons. The van der Waals surface area contributed by atoms with Gasteiger partial charge in [-0.25, -0.2) is 4.39 Å². The largest absolute Gasteiger partial charge is 0.311 e. The van der Waals surface area contributed by atoms with Gasteiger partial charge in [-0.05, 0) is 12.1 Å². The van der Waals surface area contributed by atoms with Gasteiger partial charge < -0.3 is 0 Å². The van der Waals surface area contributed by atoms with E-state index in [1.54, 1.807) is 0 Å². The number of benzene rings is 1. The summed E-state index contributed by atoms with van der Waals surface area (Å²) in [7, 11) is -2.87. The van der Waals surface area contributed by atoms with E-state index in [1.165, 1.54) is 0 Å². The van der Waals surface area contributed by atoms with Crippen LogP contribution in [0.1, 0.15) is 5.56 Å². The highest BCUT2D eigenvalue weighted by atomic mass is 35.5. The molecular formula is C8H7ClF3NO2S. The van der Waals surface area contributed by atoms with Crippen molar-refractivity contribution < 1.29 is 21.6 Å². The van der Waals surface area contributed by atoms with Crippen LogP contribution in [0.15, 0.2) is 28.6 Å². The zero-order chi connectivity index (χ0) is 11.5. The Morgan fingerprint density at radius 3 is 2.12 bits per heavy atom. The molecule has 1 aromatic carbocycles. The van der Waals surface area contributed by atoms with Crippen LogP contribution in [0.3, 0.4) is 0 Å². The molecule has 0 N–H and O–H groups in total. The Morgan fingerprint density at radius 1 is 1.19 bits per heavy atom. The third-order valence-electron chi connectivity index (χ3n) is 1.64. The first kappa shape index (κ1) is 14.9. The smallest absolute Gasteiger partial charge is 0.207 e.